The molecular weight excluding hydrogens is 502 g/mol. The van der Waals surface area contributed by atoms with E-state index in [-0.39, 0.29) is 12.6 Å². The van der Waals surface area contributed by atoms with E-state index in [4.69, 9.17) is 21.1 Å². The van der Waals surface area contributed by atoms with Crippen LogP contribution in [0.4, 0.5) is 4.79 Å². The molecule has 0 aliphatic heterocycles. The molecule has 9 heteroatoms. The maximum Gasteiger partial charge on any atom is 0.408 e. The smallest absolute Gasteiger partial charge is 0.408 e. The quantitative estimate of drug-likeness (QED) is 0.206. The molecular formula is C29H30ClN5O3. The van der Waals surface area contributed by atoms with Crippen molar-refractivity contribution in [3.63, 3.8) is 0 Å². The van der Waals surface area contributed by atoms with Gasteiger partial charge in [0.1, 0.15) is 23.1 Å². The van der Waals surface area contributed by atoms with Gasteiger partial charge in [-0.15, -0.1) is 0 Å². The Balaban J connectivity index is 1.37. The summed E-state index contributed by atoms with van der Waals surface area (Å²) < 4.78 is 11.7. The summed E-state index contributed by atoms with van der Waals surface area (Å²) in [6, 6.07) is 15.5. The normalized spacial score (nSPS) is 12.6. The molecule has 0 fully saturated rings. The predicted octanol–water partition coefficient (Wildman–Crippen LogP) is 6.58. The second kappa shape index (κ2) is 10.4. The van der Waals surface area contributed by atoms with E-state index >= 15 is 0 Å². The van der Waals surface area contributed by atoms with Gasteiger partial charge < -0.3 is 19.8 Å². The predicted molar refractivity (Wildman–Crippen MR) is 150 cm³/mol. The summed E-state index contributed by atoms with van der Waals surface area (Å²) in [7, 11) is 0. The lowest BCUT2D eigenvalue weighted by Crippen LogP contribution is -2.43. The molecule has 3 heterocycles. The summed E-state index contributed by atoms with van der Waals surface area (Å²) in [4.78, 5) is 20.3. The van der Waals surface area contributed by atoms with E-state index in [1.54, 1.807) is 6.20 Å². The first-order valence-electron chi connectivity index (χ1n) is 12.4. The molecule has 0 aliphatic carbocycles. The molecule has 5 aromatic rings. The minimum atomic E-state index is -0.611. The Morgan fingerprint density at radius 1 is 1.13 bits per heavy atom. The SMILES string of the molecule is Cc1[nH]nc2ccc(-c3cc(OC[C@H](Cc4c[nH]c5ccccc45)NC(=O)OC(C)(C)C)cnc3Cl)cc12. The van der Waals surface area contributed by atoms with Crippen LogP contribution in [0.2, 0.25) is 5.15 Å². The largest absolute Gasteiger partial charge is 0.490 e. The summed E-state index contributed by atoms with van der Waals surface area (Å²) in [5.74, 6) is 0.545. The number of fused-ring (bicyclic) bond motifs is 2. The van der Waals surface area contributed by atoms with E-state index in [0.29, 0.717) is 17.3 Å². The van der Waals surface area contributed by atoms with Gasteiger partial charge in [0.2, 0.25) is 0 Å². The number of rotatable bonds is 7. The van der Waals surface area contributed by atoms with Crippen molar-refractivity contribution < 1.29 is 14.3 Å². The van der Waals surface area contributed by atoms with Crippen LogP contribution in [0, 0.1) is 6.92 Å². The van der Waals surface area contributed by atoms with E-state index in [1.807, 2.05) is 76.4 Å². The monoisotopic (exact) mass is 531 g/mol. The minimum absolute atomic E-state index is 0.210. The number of hydrogen-bond donors (Lipinski definition) is 3. The zero-order valence-corrected chi connectivity index (χ0v) is 22.5. The van der Waals surface area contributed by atoms with Gasteiger partial charge in [0.25, 0.3) is 0 Å². The van der Waals surface area contributed by atoms with E-state index in [9.17, 15) is 4.79 Å². The standard InChI is InChI=1S/C29H30ClN5O3/c1-17-23-12-18(9-10-26(23)35-34-17)24-13-21(15-32-27(24)30)37-16-20(33-28(36)38-29(2,3)4)11-19-14-31-25-8-6-5-7-22(19)25/h5-10,12-15,20,31H,11,16H2,1-4H3,(H,33,36)(H,34,35)/t20-/m0/s1. The van der Waals surface area contributed by atoms with Gasteiger partial charge in [-0.2, -0.15) is 5.10 Å². The van der Waals surface area contributed by atoms with Crippen LogP contribution in [0.15, 0.2) is 60.9 Å². The number of aryl methyl sites for hydroxylation is 1. The lowest BCUT2D eigenvalue weighted by atomic mass is 10.0. The molecule has 0 saturated heterocycles. The van der Waals surface area contributed by atoms with Gasteiger partial charge in [0, 0.05) is 33.7 Å². The fourth-order valence-corrected chi connectivity index (χ4v) is 4.62. The summed E-state index contributed by atoms with van der Waals surface area (Å²) in [6.45, 7) is 7.69. The summed E-state index contributed by atoms with van der Waals surface area (Å²) in [5, 5.41) is 12.8. The number of para-hydroxylation sites is 1. The fraction of sp³-hybridized carbons (Fsp3) is 0.276. The van der Waals surface area contributed by atoms with Crippen molar-refractivity contribution in [2.24, 2.45) is 0 Å². The first-order valence-corrected chi connectivity index (χ1v) is 12.8. The number of benzene rings is 2. The third-order valence-corrected chi connectivity index (χ3v) is 6.48. The number of hydrogen-bond acceptors (Lipinski definition) is 5. The highest BCUT2D eigenvalue weighted by atomic mass is 35.5. The maximum absolute atomic E-state index is 12.6. The minimum Gasteiger partial charge on any atom is -0.490 e. The van der Waals surface area contributed by atoms with Crippen LogP contribution in [0.3, 0.4) is 0 Å². The van der Waals surface area contributed by atoms with Crippen LogP contribution in [-0.2, 0) is 11.2 Å². The zero-order chi connectivity index (χ0) is 26.9. The first kappa shape index (κ1) is 25.6. The van der Waals surface area contributed by atoms with Crippen molar-refractivity contribution in [3.8, 4) is 16.9 Å². The molecule has 2 aromatic carbocycles. The van der Waals surface area contributed by atoms with Crippen LogP contribution in [-0.4, -0.2) is 44.5 Å². The van der Waals surface area contributed by atoms with E-state index < -0.39 is 11.7 Å². The molecule has 0 unspecified atom stereocenters. The molecule has 0 saturated carbocycles. The number of ether oxygens (including phenoxy) is 2. The van der Waals surface area contributed by atoms with Crippen LogP contribution in [0.5, 0.6) is 5.75 Å². The molecule has 0 bridgehead atoms. The molecule has 0 radical (unpaired) electrons. The molecule has 38 heavy (non-hydrogen) atoms. The number of pyridine rings is 1. The topological polar surface area (TPSA) is 105 Å². The van der Waals surface area contributed by atoms with Crippen LogP contribution in [0.25, 0.3) is 32.9 Å². The number of alkyl carbamates (subject to hydrolysis) is 1. The van der Waals surface area contributed by atoms with Gasteiger partial charge in [-0.3, -0.25) is 5.10 Å². The molecule has 3 N–H and O–H groups in total. The Bertz CT molecular complexity index is 1600. The molecule has 0 aliphatic rings. The van der Waals surface area contributed by atoms with Crippen LogP contribution < -0.4 is 10.1 Å². The number of nitrogens with zero attached hydrogens (tertiary/aromatic N) is 2. The van der Waals surface area contributed by atoms with Gasteiger partial charge in [-0.25, -0.2) is 9.78 Å². The highest BCUT2D eigenvalue weighted by Gasteiger charge is 2.22. The summed E-state index contributed by atoms with van der Waals surface area (Å²) in [5.41, 5.74) is 5.02. The number of aromatic nitrogens is 4. The fourth-order valence-electron chi connectivity index (χ4n) is 4.40. The highest BCUT2D eigenvalue weighted by Crippen LogP contribution is 2.32. The van der Waals surface area contributed by atoms with Crippen molar-refractivity contribution in [2.45, 2.75) is 45.8 Å². The maximum atomic E-state index is 12.6. The van der Waals surface area contributed by atoms with E-state index in [1.165, 1.54) is 0 Å². The van der Waals surface area contributed by atoms with Gasteiger partial charge >= 0.3 is 6.09 Å². The molecule has 5 rings (SSSR count). The molecule has 8 nitrogen and oxygen atoms in total. The van der Waals surface area contributed by atoms with E-state index in [2.05, 4.69) is 31.5 Å². The van der Waals surface area contributed by atoms with Crippen molar-refractivity contribution in [2.75, 3.05) is 6.61 Å². The Labute approximate surface area is 225 Å². The Hall–Kier alpha value is -4.04. The average Bonchev–Trinajstić information content (AvgIpc) is 3.45. The van der Waals surface area contributed by atoms with Crippen molar-refractivity contribution in [3.05, 3.63) is 77.3 Å². The summed E-state index contributed by atoms with van der Waals surface area (Å²) in [6.07, 6.45) is 3.60. The van der Waals surface area contributed by atoms with Crippen molar-refractivity contribution in [1.82, 2.24) is 25.5 Å². The molecule has 1 atom stereocenters. The Morgan fingerprint density at radius 3 is 2.76 bits per heavy atom. The van der Waals surface area contributed by atoms with Crippen molar-refractivity contribution >= 4 is 39.5 Å². The number of halogens is 1. The summed E-state index contributed by atoms with van der Waals surface area (Å²) >= 11 is 6.47. The second-order valence-electron chi connectivity index (χ2n) is 10.3. The number of H-pyrrole nitrogens is 2. The van der Waals surface area contributed by atoms with Crippen LogP contribution >= 0.6 is 11.6 Å². The lowest BCUT2D eigenvalue weighted by molar-refractivity contribution is 0.0488. The highest BCUT2D eigenvalue weighted by molar-refractivity contribution is 6.32. The third kappa shape index (κ3) is 5.75. The molecule has 3 aromatic heterocycles. The number of aromatic amines is 2. The first-order chi connectivity index (χ1) is 18.2. The third-order valence-electron chi connectivity index (χ3n) is 6.18. The zero-order valence-electron chi connectivity index (χ0n) is 21.8. The number of nitrogens with one attached hydrogen (secondary N) is 3. The van der Waals surface area contributed by atoms with Crippen molar-refractivity contribution in [1.29, 1.82) is 0 Å². The average molecular weight is 532 g/mol. The number of carbonyl (C=O) groups excluding carboxylic acids is 1. The second-order valence-corrected chi connectivity index (χ2v) is 10.7. The number of carbonyl (C=O) groups is 1. The number of amides is 1. The van der Waals surface area contributed by atoms with Gasteiger partial charge in [0.15, 0.2) is 0 Å². The Morgan fingerprint density at radius 2 is 1.95 bits per heavy atom. The van der Waals surface area contributed by atoms with Gasteiger partial charge in [-0.1, -0.05) is 35.9 Å². The molecule has 1 amide bonds. The molecule has 0 spiro atoms. The lowest BCUT2D eigenvalue weighted by Gasteiger charge is -2.24. The Kier molecular flexibility index (Phi) is 6.99. The molecule has 196 valence electrons. The van der Waals surface area contributed by atoms with Gasteiger partial charge in [-0.05, 0) is 69.5 Å². The van der Waals surface area contributed by atoms with Crippen LogP contribution in [0.1, 0.15) is 32.0 Å². The van der Waals surface area contributed by atoms with E-state index in [0.717, 1.165) is 44.2 Å². The van der Waals surface area contributed by atoms with Gasteiger partial charge in [0.05, 0.1) is 17.8 Å².